The second-order valence-electron chi connectivity index (χ2n) is 6.56. The number of ether oxygens (including phenoxy) is 1. The molecule has 1 N–H and O–H groups in total. The highest BCUT2D eigenvalue weighted by atomic mass is 19.1. The van der Waals surface area contributed by atoms with Crippen LogP contribution in [0.3, 0.4) is 0 Å². The average Bonchev–Trinajstić information content (AvgIpc) is 2.58. The molecule has 0 saturated heterocycles. The van der Waals surface area contributed by atoms with E-state index in [1.807, 2.05) is 18.7 Å². The van der Waals surface area contributed by atoms with Crippen LogP contribution in [0.15, 0.2) is 16.9 Å². The summed E-state index contributed by atoms with van der Waals surface area (Å²) in [5, 5.41) is 0. The Kier molecular flexibility index (Phi) is 4.85. The van der Waals surface area contributed by atoms with Gasteiger partial charge in [0.15, 0.2) is 0 Å². The van der Waals surface area contributed by atoms with Crippen LogP contribution < -0.4 is 10.3 Å². The van der Waals surface area contributed by atoms with Crippen molar-refractivity contribution in [2.24, 2.45) is 0 Å². The SMILES string of the molecule is COc1cc(F)c(CN2CCc3nc(C(C)C)[nH]c(=O)c3C2)c(F)c1. The van der Waals surface area contributed by atoms with Gasteiger partial charge in [0.25, 0.3) is 5.56 Å². The number of nitrogens with one attached hydrogen (secondary N) is 1. The fourth-order valence-electron chi connectivity index (χ4n) is 2.98. The minimum atomic E-state index is -0.648. The molecule has 25 heavy (non-hydrogen) atoms. The van der Waals surface area contributed by atoms with Crippen LogP contribution in [0.2, 0.25) is 0 Å². The number of benzene rings is 1. The van der Waals surface area contributed by atoms with E-state index >= 15 is 0 Å². The number of aromatic nitrogens is 2. The number of hydrogen-bond donors (Lipinski definition) is 1. The monoisotopic (exact) mass is 349 g/mol. The third-order valence-electron chi connectivity index (χ3n) is 4.44. The van der Waals surface area contributed by atoms with Crippen LogP contribution in [0.25, 0.3) is 0 Å². The van der Waals surface area contributed by atoms with Crippen LogP contribution in [-0.4, -0.2) is 28.5 Å². The highest BCUT2D eigenvalue weighted by Gasteiger charge is 2.24. The molecule has 0 radical (unpaired) electrons. The van der Waals surface area contributed by atoms with Gasteiger partial charge < -0.3 is 9.72 Å². The number of H-pyrrole nitrogens is 1. The van der Waals surface area contributed by atoms with E-state index in [-0.39, 0.29) is 29.3 Å². The maximum atomic E-state index is 14.1. The molecule has 0 fully saturated rings. The summed E-state index contributed by atoms with van der Waals surface area (Å²) in [6.07, 6.45) is 0.582. The lowest BCUT2D eigenvalue weighted by atomic mass is 10.0. The Morgan fingerprint density at radius 2 is 2.00 bits per heavy atom. The molecule has 0 spiro atoms. The first-order chi connectivity index (χ1) is 11.9. The van der Waals surface area contributed by atoms with E-state index < -0.39 is 11.6 Å². The molecule has 1 aromatic carbocycles. The largest absolute Gasteiger partial charge is 0.497 e. The second kappa shape index (κ2) is 6.92. The first kappa shape index (κ1) is 17.5. The summed E-state index contributed by atoms with van der Waals surface area (Å²) < 4.78 is 33.2. The van der Waals surface area contributed by atoms with E-state index in [1.165, 1.54) is 19.2 Å². The third-order valence-corrected chi connectivity index (χ3v) is 4.44. The molecule has 0 aliphatic carbocycles. The quantitative estimate of drug-likeness (QED) is 0.922. The minimum Gasteiger partial charge on any atom is -0.497 e. The zero-order valence-corrected chi connectivity index (χ0v) is 14.5. The molecular weight excluding hydrogens is 328 g/mol. The van der Waals surface area contributed by atoms with Crippen LogP contribution in [0.5, 0.6) is 5.75 Å². The number of halogens is 2. The summed E-state index contributed by atoms with van der Waals surface area (Å²) >= 11 is 0. The topological polar surface area (TPSA) is 58.2 Å². The lowest BCUT2D eigenvalue weighted by molar-refractivity contribution is 0.234. The molecule has 0 amide bonds. The van der Waals surface area contributed by atoms with Crippen LogP contribution in [0, 0.1) is 11.6 Å². The molecule has 0 saturated carbocycles. The maximum absolute atomic E-state index is 14.1. The fourth-order valence-corrected chi connectivity index (χ4v) is 2.98. The van der Waals surface area contributed by atoms with Crippen molar-refractivity contribution in [2.75, 3.05) is 13.7 Å². The van der Waals surface area contributed by atoms with Crippen molar-refractivity contribution in [2.45, 2.75) is 39.3 Å². The zero-order valence-electron chi connectivity index (χ0n) is 14.5. The van der Waals surface area contributed by atoms with Crippen LogP contribution in [0.1, 0.15) is 42.4 Å². The highest BCUT2D eigenvalue weighted by molar-refractivity contribution is 5.31. The van der Waals surface area contributed by atoms with Crippen molar-refractivity contribution < 1.29 is 13.5 Å². The van der Waals surface area contributed by atoms with Crippen LogP contribution >= 0.6 is 0 Å². The van der Waals surface area contributed by atoms with Gasteiger partial charge in [0.05, 0.1) is 18.4 Å². The van der Waals surface area contributed by atoms with E-state index in [1.54, 1.807) is 0 Å². The van der Waals surface area contributed by atoms with Crippen LogP contribution in [-0.2, 0) is 19.5 Å². The summed E-state index contributed by atoms with van der Waals surface area (Å²) in [7, 11) is 1.36. The van der Waals surface area contributed by atoms with E-state index in [9.17, 15) is 13.6 Å². The van der Waals surface area contributed by atoms with Crippen molar-refractivity contribution >= 4 is 0 Å². The van der Waals surface area contributed by atoms with Gasteiger partial charge in [0.1, 0.15) is 23.2 Å². The zero-order chi connectivity index (χ0) is 18.1. The molecule has 3 rings (SSSR count). The lowest BCUT2D eigenvalue weighted by Gasteiger charge is -2.28. The van der Waals surface area contributed by atoms with Gasteiger partial charge in [-0.05, 0) is 0 Å². The normalized spacial score (nSPS) is 14.6. The summed E-state index contributed by atoms with van der Waals surface area (Å²) in [6, 6.07) is 2.33. The van der Waals surface area contributed by atoms with E-state index in [0.29, 0.717) is 30.9 Å². The Hall–Kier alpha value is -2.28. The molecule has 7 heteroatoms. The Bertz CT molecular complexity index is 826. The van der Waals surface area contributed by atoms with Crippen molar-refractivity contribution in [3.05, 3.63) is 56.8 Å². The van der Waals surface area contributed by atoms with Crippen LogP contribution in [0.4, 0.5) is 8.78 Å². The molecule has 5 nitrogen and oxygen atoms in total. The van der Waals surface area contributed by atoms with E-state index in [4.69, 9.17) is 4.74 Å². The maximum Gasteiger partial charge on any atom is 0.255 e. The van der Waals surface area contributed by atoms with Crippen molar-refractivity contribution in [1.29, 1.82) is 0 Å². The first-order valence-electron chi connectivity index (χ1n) is 8.25. The van der Waals surface area contributed by atoms with E-state index in [0.717, 1.165) is 5.69 Å². The third kappa shape index (κ3) is 3.56. The number of rotatable bonds is 4. The van der Waals surface area contributed by atoms with Gasteiger partial charge >= 0.3 is 0 Å². The molecule has 0 atom stereocenters. The number of methoxy groups -OCH3 is 1. The Morgan fingerprint density at radius 3 is 2.60 bits per heavy atom. The summed E-state index contributed by atoms with van der Waals surface area (Å²) in [4.78, 5) is 21.5. The summed E-state index contributed by atoms with van der Waals surface area (Å²) in [6.45, 7) is 4.93. The van der Waals surface area contributed by atoms with Crippen molar-refractivity contribution in [3.63, 3.8) is 0 Å². The Morgan fingerprint density at radius 1 is 1.32 bits per heavy atom. The smallest absolute Gasteiger partial charge is 0.255 e. The van der Waals surface area contributed by atoms with Gasteiger partial charge in [0.2, 0.25) is 0 Å². The van der Waals surface area contributed by atoms with Gasteiger partial charge in [-0.25, -0.2) is 13.8 Å². The number of hydrogen-bond acceptors (Lipinski definition) is 4. The van der Waals surface area contributed by atoms with Gasteiger partial charge in [-0.1, -0.05) is 13.8 Å². The predicted molar refractivity (Wildman–Crippen MR) is 89.7 cm³/mol. The van der Waals surface area contributed by atoms with Gasteiger partial charge in [0, 0.05) is 49.7 Å². The second-order valence-corrected chi connectivity index (χ2v) is 6.56. The summed E-state index contributed by atoms with van der Waals surface area (Å²) in [5.74, 6) is -0.345. The number of nitrogens with zero attached hydrogens (tertiary/aromatic N) is 2. The molecule has 134 valence electrons. The molecule has 0 bridgehead atoms. The van der Waals surface area contributed by atoms with Crippen molar-refractivity contribution in [1.82, 2.24) is 14.9 Å². The average molecular weight is 349 g/mol. The highest BCUT2D eigenvalue weighted by Crippen LogP contribution is 2.24. The predicted octanol–water partition coefficient (Wildman–Crippen LogP) is 2.74. The molecule has 1 aliphatic rings. The van der Waals surface area contributed by atoms with Crippen molar-refractivity contribution in [3.8, 4) is 5.75 Å². The van der Waals surface area contributed by atoms with Gasteiger partial charge in [-0.2, -0.15) is 0 Å². The molecule has 2 heterocycles. The standard InChI is InChI=1S/C18H21F2N3O2/c1-10(2)17-21-16-4-5-23(9-13(16)18(24)22-17)8-12-14(19)6-11(25-3)7-15(12)20/h6-7,10H,4-5,8-9H2,1-3H3,(H,21,22,24). The Balaban J connectivity index is 1.84. The minimum absolute atomic E-state index is 0.0209. The molecular formula is C18H21F2N3O2. The Labute approximate surface area is 144 Å². The molecule has 2 aromatic rings. The summed E-state index contributed by atoms with van der Waals surface area (Å²) in [5.41, 5.74) is 1.16. The fraction of sp³-hybridized carbons (Fsp3) is 0.444. The molecule has 0 unspecified atom stereocenters. The number of fused-ring (bicyclic) bond motifs is 1. The lowest BCUT2D eigenvalue weighted by Crippen LogP contribution is -2.36. The molecule has 1 aliphatic heterocycles. The first-order valence-corrected chi connectivity index (χ1v) is 8.25. The van der Waals surface area contributed by atoms with Gasteiger partial charge in [-0.15, -0.1) is 0 Å². The van der Waals surface area contributed by atoms with Gasteiger partial charge in [-0.3, -0.25) is 9.69 Å². The number of aromatic amines is 1. The van der Waals surface area contributed by atoms with E-state index in [2.05, 4.69) is 9.97 Å². The molecule has 1 aromatic heterocycles.